The number of imidazole rings is 1. The van der Waals surface area contributed by atoms with Gasteiger partial charge in [0.1, 0.15) is 11.6 Å². The maximum absolute atomic E-state index is 11.7. The average molecular weight is 358 g/mol. The van der Waals surface area contributed by atoms with Crippen LogP contribution in [0.15, 0.2) is 18.7 Å². The Labute approximate surface area is 147 Å². The number of hydrogen-bond donors (Lipinski definition) is 4. The Kier molecular flexibility index (Phi) is 3.81. The van der Waals surface area contributed by atoms with Crippen molar-refractivity contribution in [3.05, 3.63) is 24.3 Å². The second-order valence-corrected chi connectivity index (χ2v) is 6.19. The molecule has 0 aromatic carbocycles. The summed E-state index contributed by atoms with van der Waals surface area (Å²) in [6.07, 6.45) is 3.83. The smallest absolute Gasteiger partial charge is 0.254 e. The summed E-state index contributed by atoms with van der Waals surface area (Å²) in [5.74, 6) is 0.0622. The summed E-state index contributed by atoms with van der Waals surface area (Å²) in [7, 11) is 1.53. The number of aliphatic hydroxyl groups excluding tert-OH is 2. The normalized spacial score (nSPS) is 22.8. The number of amides is 1. The molecule has 1 saturated carbocycles. The summed E-state index contributed by atoms with van der Waals surface area (Å²) in [6.45, 7) is 0. The highest BCUT2D eigenvalue weighted by atomic mass is 16.3. The fourth-order valence-corrected chi connectivity index (χ4v) is 3.21. The molecule has 0 spiro atoms. The van der Waals surface area contributed by atoms with Gasteiger partial charge in [-0.05, 0) is 12.8 Å². The third kappa shape index (κ3) is 2.48. The van der Waals surface area contributed by atoms with Crippen molar-refractivity contribution >= 4 is 22.9 Å². The van der Waals surface area contributed by atoms with Crippen LogP contribution in [-0.4, -0.2) is 64.7 Å². The van der Waals surface area contributed by atoms with Crippen LogP contribution < -0.4 is 11.1 Å². The zero-order valence-electron chi connectivity index (χ0n) is 13.9. The lowest BCUT2D eigenvalue weighted by Gasteiger charge is -2.18. The predicted molar refractivity (Wildman–Crippen MR) is 90.5 cm³/mol. The van der Waals surface area contributed by atoms with Gasteiger partial charge in [0, 0.05) is 13.2 Å². The minimum Gasteiger partial charge on any atom is -0.390 e. The molecule has 3 atom stereocenters. The molecule has 1 aliphatic rings. The summed E-state index contributed by atoms with van der Waals surface area (Å²) in [5.41, 5.74) is 7.20. The highest BCUT2D eigenvalue weighted by Gasteiger charge is 2.35. The van der Waals surface area contributed by atoms with Crippen molar-refractivity contribution in [1.29, 1.82) is 0 Å². The number of carbonyl (C=O) groups is 1. The Morgan fingerprint density at radius 1 is 1.35 bits per heavy atom. The van der Waals surface area contributed by atoms with E-state index in [0.29, 0.717) is 29.6 Å². The second kappa shape index (κ2) is 6.04. The molecule has 0 bridgehead atoms. The standard InChI is InChI=1S/C15H18N8O3/c1-17-14(26)7-4-19-23(5-7)15-20-12(16)10-13(21-15)22(6-18-10)8-2-3-9(24)11(8)25/h4-6,8-9,11,24-25H,2-3H2,1H3,(H,17,26)(H2,16,20,21)/t8?,9?,11-/m0/s1. The number of rotatable bonds is 3. The topological polar surface area (TPSA) is 157 Å². The minimum atomic E-state index is -0.906. The number of nitrogen functional groups attached to an aromatic ring is 1. The first-order valence-electron chi connectivity index (χ1n) is 8.13. The molecule has 1 amide bonds. The molecule has 5 N–H and O–H groups in total. The van der Waals surface area contributed by atoms with Crippen molar-refractivity contribution in [2.45, 2.75) is 31.1 Å². The number of aliphatic hydroxyl groups is 2. The molecule has 2 unspecified atom stereocenters. The fourth-order valence-electron chi connectivity index (χ4n) is 3.21. The Hall–Kier alpha value is -3.05. The highest BCUT2D eigenvalue weighted by molar-refractivity contribution is 5.93. The fraction of sp³-hybridized carbons (Fsp3) is 0.400. The van der Waals surface area contributed by atoms with Crippen LogP contribution in [0.3, 0.4) is 0 Å². The van der Waals surface area contributed by atoms with E-state index in [0.717, 1.165) is 0 Å². The molecule has 3 aromatic rings. The SMILES string of the molecule is CNC(=O)c1cnn(-c2nc(N)c3ncn(C4CCC(O)[C@H]4O)c3n2)c1. The van der Waals surface area contributed by atoms with E-state index in [4.69, 9.17) is 5.73 Å². The first-order valence-corrected chi connectivity index (χ1v) is 8.13. The van der Waals surface area contributed by atoms with Gasteiger partial charge in [-0.2, -0.15) is 15.1 Å². The summed E-state index contributed by atoms with van der Waals surface area (Å²) >= 11 is 0. The lowest BCUT2D eigenvalue weighted by Crippen LogP contribution is -2.27. The molecular formula is C15H18N8O3. The van der Waals surface area contributed by atoms with Crippen LogP contribution >= 0.6 is 0 Å². The molecule has 1 aliphatic carbocycles. The van der Waals surface area contributed by atoms with Crippen molar-refractivity contribution in [3.63, 3.8) is 0 Å². The van der Waals surface area contributed by atoms with E-state index in [1.165, 1.54) is 30.5 Å². The lowest BCUT2D eigenvalue weighted by atomic mass is 10.2. The van der Waals surface area contributed by atoms with E-state index in [2.05, 4.69) is 25.4 Å². The van der Waals surface area contributed by atoms with Gasteiger partial charge in [-0.1, -0.05) is 0 Å². The molecule has 0 aliphatic heterocycles. The zero-order chi connectivity index (χ0) is 18.4. The van der Waals surface area contributed by atoms with E-state index in [1.54, 1.807) is 4.57 Å². The third-order valence-corrected chi connectivity index (χ3v) is 4.62. The monoisotopic (exact) mass is 358 g/mol. The van der Waals surface area contributed by atoms with Crippen molar-refractivity contribution in [1.82, 2.24) is 34.6 Å². The Bertz CT molecular complexity index is 981. The zero-order valence-corrected chi connectivity index (χ0v) is 13.9. The first kappa shape index (κ1) is 16.4. The van der Waals surface area contributed by atoms with Gasteiger partial charge in [0.2, 0.25) is 0 Å². The maximum atomic E-state index is 11.7. The molecule has 11 heteroatoms. The molecule has 26 heavy (non-hydrogen) atoms. The van der Waals surface area contributed by atoms with Crippen molar-refractivity contribution < 1.29 is 15.0 Å². The summed E-state index contributed by atoms with van der Waals surface area (Å²) in [4.78, 5) is 24.6. The number of nitrogens with zero attached hydrogens (tertiary/aromatic N) is 6. The molecular weight excluding hydrogens is 340 g/mol. The Morgan fingerprint density at radius 2 is 2.15 bits per heavy atom. The molecule has 11 nitrogen and oxygen atoms in total. The van der Waals surface area contributed by atoms with E-state index >= 15 is 0 Å². The molecule has 3 aromatic heterocycles. The second-order valence-electron chi connectivity index (χ2n) is 6.19. The van der Waals surface area contributed by atoms with Gasteiger partial charge in [-0.25, -0.2) is 9.67 Å². The molecule has 0 radical (unpaired) electrons. The molecule has 3 heterocycles. The van der Waals surface area contributed by atoms with Crippen LogP contribution in [0.2, 0.25) is 0 Å². The quantitative estimate of drug-likeness (QED) is 0.465. The van der Waals surface area contributed by atoms with Crippen LogP contribution in [0.4, 0.5) is 5.82 Å². The van der Waals surface area contributed by atoms with Gasteiger partial charge in [0.05, 0.1) is 30.2 Å². The molecule has 1 fully saturated rings. The summed E-state index contributed by atoms with van der Waals surface area (Å²) in [5, 5.41) is 26.6. The first-order chi connectivity index (χ1) is 12.5. The molecule has 0 saturated heterocycles. The number of aromatic nitrogens is 6. The minimum absolute atomic E-state index is 0.161. The highest BCUT2D eigenvalue weighted by Crippen LogP contribution is 2.33. The van der Waals surface area contributed by atoms with Crippen molar-refractivity contribution in [2.24, 2.45) is 0 Å². The molecule has 4 rings (SSSR count). The number of hydrogen-bond acceptors (Lipinski definition) is 8. The van der Waals surface area contributed by atoms with Crippen LogP contribution in [-0.2, 0) is 0 Å². The Morgan fingerprint density at radius 3 is 2.85 bits per heavy atom. The number of carbonyl (C=O) groups excluding carboxylic acids is 1. The summed E-state index contributed by atoms with van der Waals surface area (Å²) < 4.78 is 3.04. The third-order valence-electron chi connectivity index (χ3n) is 4.62. The number of fused-ring (bicyclic) bond motifs is 1. The summed E-state index contributed by atoms with van der Waals surface area (Å²) in [6, 6.07) is -0.351. The van der Waals surface area contributed by atoms with Crippen molar-refractivity contribution in [2.75, 3.05) is 12.8 Å². The number of nitrogens with two attached hydrogens (primary N) is 1. The number of anilines is 1. The van der Waals surface area contributed by atoms with Gasteiger partial charge >= 0.3 is 0 Å². The van der Waals surface area contributed by atoms with Crippen LogP contribution in [0.1, 0.15) is 29.2 Å². The maximum Gasteiger partial charge on any atom is 0.254 e. The number of nitrogens with one attached hydrogen (secondary N) is 1. The van der Waals surface area contributed by atoms with Gasteiger partial charge in [-0.3, -0.25) is 4.79 Å². The van der Waals surface area contributed by atoms with E-state index in [-0.39, 0.29) is 23.7 Å². The molecule has 136 valence electrons. The van der Waals surface area contributed by atoms with Gasteiger partial charge < -0.3 is 25.8 Å². The van der Waals surface area contributed by atoms with Crippen LogP contribution in [0.25, 0.3) is 17.1 Å². The van der Waals surface area contributed by atoms with E-state index < -0.39 is 12.2 Å². The van der Waals surface area contributed by atoms with Gasteiger partial charge in [-0.15, -0.1) is 0 Å². The van der Waals surface area contributed by atoms with Gasteiger partial charge in [0.15, 0.2) is 11.5 Å². The average Bonchev–Trinajstić information content (AvgIpc) is 3.34. The predicted octanol–water partition coefficient (Wildman–Crippen LogP) is -0.989. The van der Waals surface area contributed by atoms with Gasteiger partial charge in [0.25, 0.3) is 11.9 Å². The lowest BCUT2D eigenvalue weighted by molar-refractivity contribution is 0.0241. The Balaban J connectivity index is 1.79. The van der Waals surface area contributed by atoms with Crippen LogP contribution in [0.5, 0.6) is 0 Å². The van der Waals surface area contributed by atoms with Crippen LogP contribution in [0, 0.1) is 0 Å². The van der Waals surface area contributed by atoms with Crippen molar-refractivity contribution in [3.8, 4) is 5.95 Å². The largest absolute Gasteiger partial charge is 0.390 e. The van der Waals surface area contributed by atoms with E-state index in [1.807, 2.05) is 0 Å². The van der Waals surface area contributed by atoms with E-state index in [9.17, 15) is 15.0 Å².